The van der Waals surface area contributed by atoms with Crippen molar-refractivity contribution in [3.8, 4) is 0 Å². The Morgan fingerprint density at radius 1 is 0.235 bits per heavy atom. The van der Waals surface area contributed by atoms with E-state index in [0.717, 1.165) is 0 Å². The van der Waals surface area contributed by atoms with Crippen LogP contribution in [0.1, 0.15) is 0 Å². The van der Waals surface area contributed by atoms with E-state index >= 15 is 0 Å². The van der Waals surface area contributed by atoms with Gasteiger partial charge in [0.25, 0.3) is 0 Å². The van der Waals surface area contributed by atoms with Crippen LogP contribution in [0.25, 0.3) is 20.9 Å². The summed E-state index contributed by atoms with van der Waals surface area (Å²) in [5.74, 6) is -5.51. The van der Waals surface area contributed by atoms with E-state index in [1.807, 2.05) is 0 Å². The third kappa shape index (κ3) is 110. The largest absolute Gasteiger partial charge is 0.490 e. The number of carboxylic acids is 2. The van der Waals surface area contributed by atoms with Gasteiger partial charge in [-0.1, -0.05) is 10.2 Å². The van der Waals surface area contributed by atoms with E-state index in [4.69, 9.17) is 174 Å². The Morgan fingerprint density at radius 2 is 0.339 bits per heavy atom. The van der Waals surface area contributed by atoms with E-state index in [9.17, 15) is 26.3 Å². The molecule has 0 amide bonds. The molecule has 0 aliphatic rings. The fraction of sp³-hybridized carbons (Fsp3) is 0.971. The second-order valence-corrected chi connectivity index (χ2v) is 21.9. The molecule has 0 heterocycles. The molecule has 0 spiro atoms. The summed E-state index contributed by atoms with van der Waals surface area (Å²) in [5, 5.41) is 21.1. The van der Waals surface area contributed by atoms with E-state index in [-0.39, 0.29) is 0 Å². The predicted molar refractivity (Wildman–Crippen MR) is 395 cm³/mol. The first kappa shape index (κ1) is 115. The molecule has 0 atom stereocenters. The summed E-state index contributed by atoms with van der Waals surface area (Å²) in [6.07, 6.45) is -10.2. The molecule has 0 radical (unpaired) electrons. The minimum atomic E-state index is -5.08. The Kier molecular flexibility index (Phi) is 101. The average molecular weight is 1700 g/mol. The number of nitrogens with zero attached hydrogens (tertiary/aromatic N) is 7. The molecule has 0 bridgehead atoms. The number of azide groups is 2. The van der Waals surface area contributed by atoms with Gasteiger partial charge in [-0.05, 0) is 11.1 Å². The van der Waals surface area contributed by atoms with Crippen LogP contribution in [0, 0.1) is 0 Å². The zero-order valence-electron chi connectivity index (χ0n) is 66.8. The van der Waals surface area contributed by atoms with Crippen molar-refractivity contribution in [3.63, 3.8) is 0 Å². The van der Waals surface area contributed by atoms with Crippen molar-refractivity contribution >= 4 is 11.9 Å². The molecule has 0 aliphatic heterocycles. The maximum absolute atomic E-state index is 10.6. The summed E-state index contributed by atoms with van der Waals surface area (Å²) in [7, 11) is 0. The summed E-state index contributed by atoms with van der Waals surface area (Å²) in [4.78, 5) is 25.4. The van der Waals surface area contributed by atoms with Crippen molar-refractivity contribution in [2.75, 3.05) is 422 Å². The number of alkyl halides is 6. The van der Waals surface area contributed by atoms with Crippen molar-refractivity contribution in [1.82, 2.24) is 4.90 Å². The molecule has 0 aromatic rings. The normalized spacial score (nSPS) is 11.6. The van der Waals surface area contributed by atoms with Crippen molar-refractivity contribution in [2.45, 2.75) is 12.4 Å². The topological polar surface area (TPSA) is 469 Å². The van der Waals surface area contributed by atoms with Crippen LogP contribution in [-0.2, 0) is 147 Å². The monoisotopic (exact) mass is 1700 g/mol. The van der Waals surface area contributed by atoms with Gasteiger partial charge < -0.3 is 153 Å². The first-order valence-corrected chi connectivity index (χ1v) is 38.0. The van der Waals surface area contributed by atoms with E-state index in [1.165, 1.54) is 0 Å². The summed E-state index contributed by atoms with van der Waals surface area (Å²) < 4.78 is 224. The molecule has 0 aromatic heterocycles. The highest BCUT2D eigenvalue weighted by Gasteiger charge is 2.39. The lowest BCUT2D eigenvalue weighted by Gasteiger charge is -2.22. The number of halogens is 6. The highest BCUT2D eigenvalue weighted by molar-refractivity contribution is 5.73. The SMILES string of the molecule is O=C(O)C(F)(F)F.O=C(O)C(F)(F)F.[N-]=[N+]=NCCOCCOCCOCCN(CCOCCOCCOCCN=[N+]=[N-])CCOCCOCCOCCOCCOCCOCCOCCOCCOCCOCCOCCOCCOCCOCCOCCOCCOCCOCCOCCOCCOCCOCCOCCN. The Hall–Kier alpha value is -4.10. The van der Waals surface area contributed by atoms with Crippen molar-refractivity contribution in [2.24, 2.45) is 16.0 Å². The quantitative estimate of drug-likeness (QED) is 0.0259. The lowest BCUT2D eigenvalue weighted by molar-refractivity contribution is -0.193. The minimum Gasteiger partial charge on any atom is -0.475 e. The molecule has 0 saturated heterocycles. The van der Waals surface area contributed by atoms with Gasteiger partial charge in [-0.15, -0.1) is 0 Å². The second kappa shape index (κ2) is 100. The second-order valence-electron chi connectivity index (χ2n) is 21.9. The highest BCUT2D eigenvalue weighted by atomic mass is 19.4. The number of hydrogen-bond donors (Lipinski definition) is 3. The molecule has 115 heavy (non-hydrogen) atoms. The number of rotatable bonds is 95. The standard InChI is InChI=1S/C64H130N8O29.2C2HF3O2/c65-1-7-73-13-19-79-25-27-83-29-31-85-33-35-87-37-39-89-41-43-91-45-47-93-49-51-95-53-55-97-57-59-99-61-63-101-64-62-100-60-58-98-56-54-96-52-50-94-48-46-92-44-42-90-40-38-88-36-34-86-32-30-84-28-26-82-24-18-78-12-6-72(4-10-76-16-22-80-20-14-74-8-2-68-70-66)5-11-77-17-23-81-21-15-75-9-3-69-71-67;2*3-2(4,5)1(6)7/h1-65H2;2*(H,6,7). The number of carbonyl (C=O) groups is 2. The highest BCUT2D eigenvalue weighted by Crippen LogP contribution is 2.14. The number of hydrogen-bond acceptors (Lipinski definition) is 35. The van der Waals surface area contributed by atoms with Gasteiger partial charge in [0.05, 0.1) is 383 Å². The van der Waals surface area contributed by atoms with Crippen molar-refractivity contribution in [3.05, 3.63) is 20.9 Å². The number of ether oxygens (including phenoxy) is 29. The zero-order valence-corrected chi connectivity index (χ0v) is 66.8. The molecular weight excluding hydrogens is 1570 g/mol. The van der Waals surface area contributed by atoms with Gasteiger partial charge in [-0.3, -0.25) is 4.90 Å². The maximum Gasteiger partial charge on any atom is 0.490 e. The van der Waals surface area contributed by atoms with Crippen molar-refractivity contribution < 1.29 is 184 Å². The molecule has 0 unspecified atom stereocenters. The van der Waals surface area contributed by atoms with Crippen LogP contribution in [0.3, 0.4) is 0 Å². The summed E-state index contributed by atoms with van der Waals surface area (Å²) in [5.41, 5.74) is 21.9. The molecule has 0 aliphatic carbocycles. The van der Waals surface area contributed by atoms with Crippen LogP contribution in [0.5, 0.6) is 0 Å². The molecular formula is C68H132F6N8O33. The fourth-order valence-corrected chi connectivity index (χ4v) is 7.32. The van der Waals surface area contributed by atoms with Crippen molar-refractivity contribution in [1.29, 1.82) is 0 Å². The molecule has 4 N–H and O–H groups in total. The van der Waals surface area contributed by atoms with Gasteiger partial charge in [0, 0.05) is 49.1 Å². The Bertz CT molecular complexity index is 1980. The van der Waals surface area contributed by atoms with Gasteiger partial charge >= 0.3 is 24.3 Å². The van der Waals surface area contributed by atoms with Crippen LogP contribution in [-0.4, -0.2) is 462 Å². The summed E-state index contributed by atoms with van der Waals surface area (Å²) >= 11 is 0. The average Bonchev–Trinajstić information content (AvgIpc) is 0.959. The summed E-state index contributed by atoms with van der Waals surface area (Å²) in [6.45, 7) is 30.8. The fourth-order valence-electron chi connectivity index (χ4n) is 7.32. The molecule has 47 heteroatoms. The smallest absolute Gasteiger partial charge is 0.475 e. The Balaban J connectivity index is -0.00000812. The molecule has 0 fully saturated rings. The Labute approximate surface area is 670 Å². The van der Waals surface area contributed by atoms with Crippen LogP contribution in [0.15, 0.2) is 10.2 Å². The molecule has 0 rings (SSSR count). The van der Waals surface area contributed by atoms with Gasteiger partial charge in [-0.2, -0.15) is 26.3 Å². The first-order valence-electron chi connectivity index (χ1n) is 38.0. The number of aliphatic carboxylic acids is 2. The lowest BCUT2D eigenvalue weighted by atomic mass is 10.4. The number of nitrogens with two attached hydrogens (primary N) is 1. The Morgan fingerprint density at radius 3 is 0.443 bits per heavy atom. The third-order valence-electron chi connectivity index (χ3n) is 12.9. The number of carboxylic acid groups (broad SMARTS) is 2. The van der Waals surface area contributed by atoms with Gasteiger partial charge in [0.1, 0.15) is 0 Å². The van der Waals surface area contributed by atoms with Gasteiger partial charge in [-0.25, -0.2) is 9.59 Å². The van der Waals surface area contributed by atoms with E-state index < -0.39 is 24.3 Å². The molecule has 41 nitrogen and oxygen atoms in total. The minimum absolute atomic E-state index is 0.298. The first-order chi connectivity index (χ1) is 56.2. The van der Waals surface area contributed by atoms with E-state index in [2.05, 4.69) is 25.0 Å². The predicted octanol–water partition coefficient (Wildman–Crippen LogP) is 2.62. The van der Waals surface area contributed by atoms with Crippen LogP contribution >= 0.6 is 0 Å². The summed E-state index contributed by atoms with van der Waals surface area (Å²) in [6, 6.07) is 0. The molecule has 684 valence electrons. The van der Waals surface area contributed by atoms with Crippen LogP contribution in [0.2, 0.25) is 0 Å². The third-order valence-corrected chi connectivity index (χ3v) is 12.9. The zero-order chi connectivity index (χ0) is 84.3. The molecule has 0 saturated carbocycles. The van der Waals surface area contributed by atoms with Crippen LogP contribution in [0.4, 0.5) is 26.3 Å². The van der Waals surface area contributed by atoms with Crippen LogP contribution < -0.4 is 5.73 Å². The lowest BCUT2D eigenvalue weighted by Crippen LogP contribution is -2.34. The van der Waals surface area contributed by atoms with E-state index in [0.29, 0.717) is 422 Å². The van der Waals surface area contributed by atoms with Gasteiger partial charge in [0.15, 0.2) is 0 Å². The van der Waals surface area contributed by atoms with Gasteiger partial charge in [0.2, 0.25) is 0 Å². The molecule has 0 aromatic carbocycles. The van der Waals surface area contributed by atoms with E-state index in [1.54, 1.807) is 0 Å². The maximum atomic E-state index is 10.6.